The number of hydrogen-bond acceptors (Lipinski definition) is 8. The zero-order valence-corrected chi connectivity index (χ0v) is 37.7. The summed E-state index contributed by atoms with van der Waals surface area (Å²) in [6.07, 6.45) is 44.8. The Hall–Kier alpha value is -1.85. The molecular formula is C50H91NO8. The Morgan fingerprint density at radius 2 is 1.05 bits per heavy atom. The first-order valence-electron chi connectivity index (χ1n) is 24.3. The van der Waals surface area contributed by atoms with E-state index in [1.165, 1.54) is 103 Å². The first-order valence-corrected chi connectivity index (χ1v) is 24.3. The van der Waals surface area contributed by atoms with Crippen LogP contribution >= 0.6 is 0 Å². The fourth-order valence-corrected chi connectivity index (χ4v) is 7.56. The average Bonchev–Trinajstić information content (AvgIpc) is 3.23. The maximum absolute atomic E-state index is 12.9. The highest BCUT2D eigenvalue weighted by Crippen LogP contribution is 2.23. The summed E-state index contributed by atoms with van der Waals surface area (Å²) in [7, 11) is 0. The minimum atomic E-state index is -1.55. The summed E-state index contributed by atoms with van der Waals surface area (Å²) in [5.41, 5.74) is 0. The molecule has 0 aliphatic carbocycles. The number of carbonyl (C=O) groups excluding carboxylic acids is 1. The Bertz CT molecular complexity index is 1060. The molecule has 59 heavy (non-hydrogen) atoms. The highest BCUT2D eigenvalue weighted by Gasteiger charge is 2.44. The van der Waals surface area contributed by atoms with Crippen molar-refractivity contribution in [2.75, 3.05) is 13.2 Å². The summed E-state index contributed by atoms with van der Waals surface area (Å²) in [5.74, 6) is -0.151. The van der Waals surface area contributed by atoms with Crippen LogP contribution in [-0.4, -0.2) is 87.5 Å². The summed E-state index contributed by atoms with van der Waals surface area (Å²) in [6, 6.07) is -0.714. The molecule has 0 aromatic carbocycles. The van der Waals surface area contributed by atoms with Crippen LogP contribution in [0.1, 0.15) is 206 Å². The van der Waals surface area contributed by atoms with Crippen LogP contribution in [0.25, 0.3) is 0 Å². The molecule has 1 amide bonds. The van der Waals surface area contributed by atoms with Gasteiger partial charge in [-0.2, -0.15) is 0 Å². The normalized spacial score (nSPS) is 21.1. The van der Waals surface area contributed by atoms with Crippen LogP contribution in [0.15, 0.2) is 48.6 Å². The Morgan fingerprint density at radius 1 is 0.593 bits per heavy atom. The highest BCUT2D eigenvalue weighted by atomic mass is 16.7. The van der Waals surface area contributed by atoms with Gasteiger partial charge < -0.3 is 40.3 Å². The molecule has 0 bridgehead atoms. The van der Waals surface area contributed by atoms with Crippen molar-refractivity contribution in [3.05, 3.63) is 48.6 Å². The molecule has 0 radical (unpaired) electrons. The zero-order valence-electron chi connectivity index (χ0n) is 37.7. The van der Waals surface area contributed by atoms with Crippen molar-refractivity contribution < 1.29 is 39.8 Å². The third-order valence-corrected chi connectivity index (χ3v) is 11.4. The summed E-state index contributed by atoms with van der Waals surface area (Å²) in [4.78, 5) is 12.9. The van der Waals surface area contributed by atoms with E-state index in [0.29, 0.717) is 12.8 Å². The molecule has 1 rings (SSSR count). The maximum atomic E-state index is 12.9. The predicted molar refractivity (Wildman–Crippen MR) is 244 cm³/mol. The second-order valence-electron chi connectivity index (χ2n) is 16.9. The van der Waals surface area contributed by atoms with E-state index in [0.717, 1.165) is 77.0 Å². The first-order chi connectivity index (χ1) is 28.8. The average molecular weight is 834 g/mol. The van der Waals surface area contributed by atoms with Gasteiger partial charge in [0, 0.05) is 6.42 Å². The molecule has 344 valence electrons. The maximum Gasteiger partial charge on any atom is 0.220 e. The van der Waals surface area contributed by atoms with Crippen LogP contribution in [0.4, 0.5) is 0 Å². The van der Waals surface area contributed by atoms with Gasteiger partial charge in [-0.25, -0.2) is 0 Å². The largest absolute Gasteiger partial charge is 0.394 e. The van der Waals surface area contributed by atoms with Crippen LogP contribution in [0.5, 0.6) is 0 Å². The van der Waals surface area contributed by atoms with Crippen molar-refractivity contribution in [1.82, 2.24) is 5.32 Å². The molecule has 0 spiro atoms. The van der Waals surface area contributed by atoms with Gasteiger partial charge in [0.25, 0.3) is 0 Å². The summed E-state index contributed by atoms with van der Waals surface area (Å²) >= 11 is 0. The van der Waals surface area contributed by atoms with E-state index in [2.05, 4.69) is 67.8 Å². The Labute approximate surface area is 361 Å². The van der Waals surface area contributed by atoms with Gasteiger partial charge in [0.1, 0.15) is 24.4 Å². The van der Waals surface area contributed by atoms with Gasteiger partial charge in [0.05, 0.1) is 25.4 Å². The first kappa shape index (κ1) is 55.2. The molecule has 7 atom stereocenters. The van der Waals surface area contributed by atoms with Gasteiger partial charge in [0.15, 0.2) is 6.29 Å². The molecule has 9 nitrogen and oxygen atoms in total. The van der Waals surface area contributed by atoms with Crippen molar-refractivity contribution in [1.29, 1.82) is 0 Å². The summed E-state index contributed by atoms with van der Waals surface area (Å²) in [6.45, 7) is 3.63. The fourth-order valence-electron chi connectivity index (χ4n) is 7.56. The molecule has 1 heterocycles. The van der Waals surface area contributed by atoms with E-state index < -0.39 is 49.5 Å². The summed E-state index contributed by atoms with van der Waals surface area (Å²) in [5, 5.41) is 53.9. The number of hydrogen-bond donors (Lipinski definition) is 6. The molecular weight excluding hydrogens is 743 g/mol. The van der Waals surface area contributed by atoms with Crippen LogP contribution < -0.4 is 5.32 Å². The minimum Gasteiger partial charge on any atom is -0.394 e. The Morgan fingerprint density at radius 3 is 1.56 bits per heavy atom. The molecule has 1 saturated heterocycles. The number of allylic oxidation sites excluding steroid dienone is 8. The van der Waals surface area contributed by atoms with Gasteiger partial charge in [-0.05, 0) is 51.4 Å². The van der Waals surface area contributed by atoms with Crippen LogP contribution in [0, 0.1) is 0 Å². The van der Waals surface area contributed by atoms with E-state index in [1.54, 1.807) is 0 Å². The Balaban J connectivity index is 2.03. The number of aliphatic hydroxyl groups excluding tert-OH is 5. The fraction of sp³-hybridized carbons (Fsp3) is 0.820. The number of amides is 1. The SMILES string of the molecule is CC/C=C\C/C=C\C/C=C\C/C=C\CCCCCCCCCCCCCCCCCCCCC(=O)NC(COC1OC(CO)C(O)C(O)C1O)C(O)CCCCCCC. The van der Waals surface area contributed by atoms with Crippen LogP contribution in [0.2, 0.25) is 0 Å². The molecule has 9 heteroatoms. The lowest BCUT2D eigenvalue weighted by Gasteiger charge is -2.40. The van der Waals surface area contributed by atoms with Crippen molar-refractivity contribution in [3.63, 3.8) is 0 Å². The Kier molecular flexibility index (Phi) is 37.6. The molecule has 0 saturated carbocycles. The number of nitrogens with one attached hydrogen (secondary N) is 1. The molecule has 6 N–H and O–H groups in total. The number of ether oxygens (including phenoxy) is 2. The lowest BCUT2D eigenvalue weighted by molar-refractivity contribution is -0.302. The molecule has 7 unspecified atom stereocenters. The quantitative estimate of drug-likeness (QED) is 0.0264. The van der Waals surface area contributed by atoms with Gasteiger partial charge >= 0.3 is 0 Å². The predicted octanol–water partition coefficient (Wildman–Crippen LogP) is 10.6. The molecule has 0 aromatic heterocycles. The molecule has 0 aromatic rings. The van der Waals surface area contributed by atoms with Crippen LogP contribution in [0.3, 0.4) is 0 Å². The van der Waals surface area contributed by atoms with Gasteiger partial charge in [-0.15, -0.1) is 0 Å². The lowest BCUT2D eigenvalue weighted by atomic mass is 9.99. The van der Waals surface area contributed by atoms with E-state index in [9.17, 15) is 30.3 Å². The van der Waals surface area contributed by atoms with Crippen LogP contribution in [-0.2, 0) is 14.3 Å². The zero-order chi connectivity index (χ0) is 43.0. The smallest absolute Gasteiger partial charge is 0.220 e. The van der Waals surface area contributed by atoms with Gasteiger partial charge in [0.2, 0.25) is 5.91 Å². The van der Waals surface area contributed by atoms with Gasteiger partial charge in [-0.3, -0.25) is 4.79 Å². The lowest BCUT2D eigenvalue weighted by Crippen LogP contribution is -2.60. The van der Waals surface area contributed by atoms with E-state index in [4.69, 9.17) is 9.47 Å². The number of unbranched alkanes of at least 4 members (excludes halogenated alkanes) is 22. The molecule has 1 aliphatic rings. The van der Waals surface area contributed by atoms with Crippen molar-refractivity contribution in [2.24, 2.45) is 0 Å². The van der Waals surface area contributed by atoms with E-state index in [-0.39, 0.29) is 12.5 Å². The second kappa shape index (κ2) is 40.2. The van der Waals surface area contributed by atoms with E-state index in [1.807, 2.05) is 0 Å². The molecule has 1 aliphatic heterocycles. The number of carbonyl (C=O) groups is 1. The highest BCUT2D eigenvalue weighted by molar-refractivity contribution is 5.76. The monoisotopic (exact) mass is 834 g/mol. The second-order valence-corrected chi connectivity index (χ2v) is 16.9. The van der Waals surface area contributed by atoms with Crippen molar-refractivity contribution >= 4 is 5.91 Å². The van der Waals surface area contributed by atoms with E-state index >= 15 is 0 Å². The molecule has 1 fully saturated rings. The van der Waals surface area contributed by atoms with Crippen molar-refractivity contribution in [2.45, 2.75) is 249 Å². The number of rotatable bonds is 40. The topological polar surface area (TPSA) is 149 Å². The summed E-state index contributed by atoms with van der Waals surface area (Å²) < 4.78 is 11.2. The third-order valence-electron chi connectivity index (χ3n) is 11.4. The minimum absolute atomic E-state index is 0.139. The standard InChI is InChI=1S/C50H91NO8/c1-3-5-7-9-10-11-12-13-14-15-16-17-18-19-20-21-22-23-24-25-26-27-28-29-30-31-32-33-34-36-38-40-46(54)51-43(44(53)39-37-35-8-6-4-2)42-58-50-49(57)48(56)47(55)45(41-52)59-50/h5,7,10-11,13-14,16-17,43-45,47-50,52-53,55-57H,3-4,6,8-9,12,15,18-42H2,1-2H3,(H,51,54)/b7-5-,11-10-,14-13-,17-16-. The third kappa shape index (κ3) is 30.8. The van der Waals surface area contributed by atoms with Crippen molar-refractivity contribution in [3.8, 4) is 0 Å². The number of aliphatic hydroxyl groups is 5. The van der Waals surface area contributed by atoms with Gasteiger partial charge in [-0.1, -0.05) is 197 Å².